The predicted molar refractivity (Wildman–Crippen MR) is 140 cm³/mol. The van der Waals surface area contributed by atoms with Gasteiger partial charge in [0.05, 0.1) is 38.1 Å². The quantitative estimate of drug-likeness (QED) is 0.183. The van der Waals surface area contributed by atoms with Gasteiger partial charge in [-0.2, -0.15) is 13.4 Å². The van der Waals surface area contributed by atoms with E-state index in [2.05, 4.69) is 30.7 Å². The first-order valence-electron chi connectivity index (χ1n) is 12.6. The number of hydrogen-bond donors (Lipinski definition) is 5. The largest absolute Gasteiger partial charge is 0.398 e. The molecule has 3 heterocycles. The van der Waals surface area contributed by atoms with Gasteiger partial charge < -0.3 is 26.4 Å². The SMILES string of the molecule is CC[N+](CC)(CC)N1C=Nc2c(ncn2[C@@H]2O[C@H](COS(=O)(=O)NC(=O)c3ccccc3N)C(O)C2O)C1N. The summed E-state index contributed by atoms with van der Waals surface area (Å²) in [5.41, 5.74) is 12.8. The minimum absolute atomic E-state index is 0.0487. The van der Waals surface area contributed by atoms with E-state index in [0.717, 1.165) is 19.6 Å². The number of aliphatic hydroxyl groups is 2. The van der Waals surface area contributed by atoms with Gasteiger partial charge in [0.2, 0.25) is 0 Å². The lowest BCUT2D eigenvalue weighted by Crippen LogP contribution is -2.62. The van der Waals surface area contributed by atoms with Crippen molar-refractivity contribution in [3.05, 3.63) is 41.9 Å². The van der Waals surface area contributed by atoms with Crippen molar-refractivity contribution in [1.29, 1.82) is 0 Å². The average molecular weight is 568 g/mol. The maximum absolute atomic E-state index is 12.3. The highest BCUT2D eigenvalue weighted by Crippen LogP contribution is 2.38. The molecule has 3 unspecified atom stereocenters. The van der Waals surface area contributed by atoms with E-state index in [9.17, 15) is 23.4 Å². The average Bonchev–Trinajstić information content (AvgIpc) is 3.46. The summed E-state index contributed by atoms with van der Waals surface area (Å²) in [6.07, 6.45) is -2.95. The van der Waals surface area contributed by atoms with Gasteiger partial charge in [0.1, 0.15) is 30.3 Å². The Bertz CT molecular complexity index is 1320. The van der Waals surface area contributed by atoms with Crippen LogP contribution in [-0.4, -0.2) is 94.6 Å². The zero-order valence-corrected chi connectivity index (χ0v) is 22.7. The molecular formula is C23H35N8O7S+. The van der Waals surface area contributed by atoms with E-state index in [1.165, 1.54) is 29.1 Å². The molecule has 4 rings (SSSR count). The van der Waals surface area contributed by atoms with Crippen LogP contribution in [0.4, 0.5) is 11.5 Å². The molecule has 214 valence electrons. The molecule has 15 nitrogen and oxygen atoms in total. The second-order valence-electron chi connectivity index (χ2n) is 9.28. The van der Waals surface area contributed by atoms with Crippen molar-refractivity contribution in [2.45, 2.75) is 51.5 Å². The zero-order valence-electron chi connectivity index (χ0n) is 21.9. The third kappa shape index (κ3) is 5.36. The molecule has 1 aromatic carbocycles. The summed E-state index contributed by atoms with van der Waals surface area (Å²) >= 11 is 0. The Morgan fingerprint density at radius 1 is 1.18 bits per heavy atom. The van der Waals surface area contributed by atoms with E-state index in [0.29, 0.717) is 16.1 Å². The Morgan fingerprint density at radius 3 is 2.49 bits per heavy atom. The molecule has 0 spiro atoms. The number of quaternary nitrogens is 1. The maximum atomic E-state index is 12.3. The number of aromatic nitrogens is 2. The summed E-state index contributed by atoms with van der Waals surface area (Å²) < 4.78 is 39.1. The van der Waals surface area contributed by atoms with Crippen LogP contribution < -0.4 is 16.2 Å². The van der Waals surface area contributed by atoms with Crippen molar-refractivity contribution in [2.75, 3.05) is 32.0 Å². The van der Waals surface area contributed by atoms with Crippen molar-refractivity contribution in [2.24, 2.45) is 10.7 Å². The topological polar surface area (TPSA) is 208 Å². The molecule has 0 aliphatic carbocycles. The highest BCUT2D eigenvalue weighted by molar-refractivity contribution is 7.85. The first-order valence-corrected chi connectivity index (χ1v) is 14.0. The van der Waals surface area contributed by atoms with E-state index in [1.54, 1.807) is 17.1 Å². The lowest BCUT2D eigenvalue weighted by Gasteiger charge is -2.46. The van der Waals surface area contributed by atoms with Crippen molar-refractivity contribution < 1.29 is 36.9 Å². The number of aliphatic hydroxyl groups excluding tert-OH is 2. The third-order valence-corrected chi connectivity index (χ3v) is 8.22. The zero-order chi connectivity index (χ0) is 28.5. The standard InChI is InChI=1S/C23H34N8O7S/c1-4-31(5-2,6-3)30-13-27-21-17(20(30)25)26-12-29(21)23-19(33)18(32)16(38-23)11-37-39(35,36)28-22(34)14-9-7-8-10-15(14)24/h7-10,12-13,16,18-20,23,32-33H,4-6,11,25H2,1-3H3,(H2-,24,28,34)/p+1/t16-,18?,19?,20?,23-/m1/s1. The summed E-state index contributed by atoms with van der Waals surface area (Å²) in [7, 11) is -4.59. The lowest BCUT2D eigenvalue weighted by atomic mass is 10.1. The maximum Gasteiger partial charge on any atom is 0.362 e. The Morgan fingerprint density at radius 2 is 1.85 bits per heavy atom. The molecule has 2 aliphatic rings. The number of ether oxygens (including phenoxy) is 1. The molecule has 5 atom stereocenters. The second kappa shape index (κ2) is 11.2. The van der Waals surface area contributed by atoms with Gasteiger partial charge in [-0.05, 0) is 32.9 Å². The number of nitrogen functional groups attached to an aromatic ring is 1. The molecular weight excluding hydrogens is 532 g/mol. The van der Waals surface area contributed by atoms with E-state index >= 15 is 0 Å². The van der Waals surface area contributed by atoms with Crippen LogP contribution in [0.3, 0.4) is 0 Å². The number of benzene rings is 1. The van der Waals surface area contributed by atoms with E-state index in [-0.39, 0.29) is 11.3 Å². The number of rotatable bonds is 10. The van der Waals surface area contributed by atoms with E-state index in [4.69, 9.17) is 20.4 Å². The number of para-hydroxylation sites is 1. The normalized spacial score (nSPS) is 25.1. The van der Waals surface area contributed by atoms with Crippen LogP contribution in [0.15, 0.2) is 35.6 Å². The fourth-order valence-electron chi connectivity index (χ4n) is 4.90. The number of aliphatic imine (C=N–C) groups is 1. The first-order chi connectivity index (χ1) is 18.5. The van der Waals surface area contributed by atoms with Crippen LogP contribution in [0.5, 0.6) is 0 Å². The Balaban J connectivity index is 1.45. The van der Waals surface area contributed by atoms with Gasteiger partial charge in [0, 0.05) is 5.69 Å². The molecule has 39 heavy (non-hydrogen) atoms. The number of hydrogen-bond acceptors (Lipinski definition) is 12. The summed E-state index contributed by atoms with van der Waals surface area (Å²) in [4.78, 5) is 21.2. The number of amides is 1. The van der Waals surface area contributed by atoms with Crippen LogP contribution >= 0.6 is 0 Å². The van der Waals surface area contributed by atoms with Crippen LogP contribution in [0.2, 0.25) is 0 Å². The van der Waals surface area contributed by atoms with Crippen molar-refractivity contribution in [1.82, 2.24) is 19.3 Å². The molecule has 0 bridgehead atoms. The molecule has 2 aliphatic heterocycles. The van der Waals surface area contributed by atoms with Crippen LogP contribution in [0, 0.1) is 0 Å². The fraction of sp³-hybridized carbons (Fsp3) is 0.522. The summed E-state index contributed by atoms with van der Waals surface area (Å²) in [6.45, 7) is 7.90. The van der Waals surface area contributed by atoms with Gasteiger partial charge in [-0.25, -0.2) is 19.3 Å². The summed E-state index contributed by atoms with van der Waals surface area (Å²) in [5.74, 6) is -0.637. The number of fused-ring (bicyclic) bond motifs is 1. The highest BCUT2D eigenvalue weighted by Gasteiger charge is 2.47. The molecule has 1 fully saturated rings. The van der Waals surface area contributed by atoms with Crippen LogP contribution in [-0.2, 0) is 19.2 Å². The molecule has 1 amide bonds. The molecule has 0 radical (unpaired) electrons. The molecule has 0 saturated carbocycles. The number of carbonyl (C=O) groups is 1. The predicted octanol–water partition coefficient (Wildman–Crippen LogP) is -0.500. The van der Waals surface area contributed by atoms with Gasteiger partial charge in [0.15, 0.2) is 18.2 Å². The number of nitrogens with one attached hydrogen (secondary N) is 1. The smallest absolute Gasteiger partial charge is 0.362 e. The number of imidazole rings is 1. The van der Waals surface area contributed by atoms with Gasteiger partial charge >= 0.3 is 10.3 Å². The minimum Gasteiger partial charge on any atom is -0.398 e. The third-order valence-electron chi connectivity index (χ3n) is 7.34. The van der Waals surface area contributed by atoms with Gasteiger partial charge in [-0.1, -0.05) is 12.1 Å². The molecule has 7 N–H and O–H groups in total. The number of nitrogens with two attached hydrogens (primary N) is 2. The molecule has 16 heteroatoms. The summed E-state index contributed by atoms with van der Waals surface area (Å²) in [5, 5.41) is 23.2. The highest BCUT2D eigenvalue weighted by atomic mass is 32.2. The van der Waals surface area contributed by atoms with Crippen LogP contribution in [0.25, 0.3) is 0 Å². The Labute approximate surface area is 226 Å². The van der Waals surface area contributed by atoms with E-state index in [1.807, 2.05) is 5.01 Å². The summed E-state index contributed by atoms with van der Waals surface area (Å²) in [6, 6.07) is 5.93. The lowest BCUT2D eigenvalue weighted by molar-refractivity contribution is -1.02. The molecule has 2 aromatic rings. The number of anilines is 1. The van der Waals surface area contributed by atoms with Gasteiger partial charge in [0.25, 0.3) is 5.91 Å². The fourth-order valence-corrected chi connectivity index (χ4v) is 5.61. The van der Waals surface area contributed by atoms with Gasteiger partial charge in [-0.3, -0.25) is 13.5 Å². The van der Waals surface area contributed by atoms with E-state index < -0.39 is 53.5 Å². The first kappa shape index (κ1) is 28.9. The number of carbonyl (C=O) groups excluding carboxylic acids is 1. The Kier molecular flexibility index (Phi) is 8.27. The second-order valence-corrected chi connectivity index (χ2v) is 10.6. The minimum atomic E-state index is -4.59. The monoisotopic (exact) mass is 567 g/mol. The van der Waals surface area contributed by atoms with Crippen molar-refractivity contribution in [3.63, 3.8) is 0 Å². The van der Waals surface area contributed by atoms with Crippen LogP contribution in [0.1, 0.15) is 49.2 Å². The Hall–Kier alpha value is -3.12. The number of nitrogens with zero attached hydrogens (tertiary/aromatic N) is 5. The van der Waals surface area contributed by atoms with Gasteiger partial charge in [-0.15, -0.1) is 0 Å². The molecule has 1 aromatic heterocycles. The molecule has 1 saturated heterocycles. The van der Waals surface area contributed by atoms with Crippen molar-refractivity contribution >= 4 is 34.1 Å². The van der Waals surface area contributed by atoms with Crippen molar-refractivity contribution in [3.8, 4) is 0 Å².